The Morgan fingerprint density at radius 2 is 2.03 bits per heavy atom. The molecule has 7 nitrogen and oxygen atoms in total. The van der Waals surface area contributed by atoms with Crippen LogP contribution in [-0.4, -0.2) is 25.4 Å². The van der Waals surface area contributed by atoms with Gasteiger partial charge < -0.3 is 10.3 Å². The van der Waals surface area contributed by atoms with Crippen molar-refractivity contribution in [3.05, 3.63) is 73.8 Å². The van der Waals surface area contributed by atoms with Gasteiger partial charge in [0.15, 0.2) is 4.77 Å². The molecular weight excluding hydrogens is 406 g/mol. The van der Waals surface area contributed by atoms with Crippen molar-refractivity contribution >= 4 is 40.4 Å². The number of nitrogens with one attached hydrogen (secondary N) is 2. The van der Waals surface area contributed by atoms with E-state index in [0.29, 0.717) is 21.2 Å². The first-order valence-corrected chi connectivity index (χ1v) is 10.1. The fraction of sp³-hybridized carbons (Fsp3) is 0.150. The number of hydrogen-bond acceptors (Lipinski definition) is 6. The van der Waals surface area contributed by atoms with E-state index in [1.165, 1.54) is 15.9 Å². The summed E-state index contributed by atoms with van der Waals surface area (Å²) in [6.45, 7) is 1.89. The Morgan fingerprint density at radius 3 is 2.79 bits per heavy atom. The van der Waals surface area contributed by atoms with E-state index in [1.807, 2.05) is 24.4 Å². The van der Waals surface area contributed by atoms with Gasteiger partial charge in [0.05, 0.1) is 22.6 Å². The maximum absolute atomic E-state index is 12.7. The van der Waals surface area contributed by atoms with Crippen LogP contribution in [0.4, 0.5) is 0 Å². The van der Waals surface area contributed by atoms with Crippen molar-refractivity contribution in [1.82, 2.24) is 24.8 Å². The van der Waals surface area contributed by atoms with Crippen LogP contribution in [0.25, 0.3) is 22.2 Å². The first-order chi connectivity index (χ1) is 13.9. The molecule has 0 radical (unpaired) electrons. The van der Waals surface area contributed by atoms with Crippen molar-refractivity contribution in [3.8, 4) is 11.3 Å². The summed E-state index contributed by atoms with van der Waals surface area (Å²) in [6.07, 6.45) is 3.44. The number of nitrogens with zero attached hydrogens (tertiary/aromatic N) is 3. The van der Waals surface area contributed by atoms with Gasteiger partial charge in [-0.3, -0.25) is 19.1 Å². The van der Waals surface area contributed by atoms with E-state index in [9.17, 15) is 9.59 Å². The Hall–Kier alpha value is -3.17. The summed E-state index contributed by atoms with van der Waals surface area (Å²) in [6, 6.07) is 8.43. The Kier molecular flexibility index (Phi) is 5.08. The van der Waals surface area contributed by atoms with Gasteiger partial charge in [-0.2, -0.15) is 0 Å². The SMILES string of the molecule is CC(NC(=O)c1ccc2c(=O)n(C)c(=S)[nH]c2c1)c1nc(-c2ccncc2)cs1. The smallest absolute Gasteiger partial charge is 0.261 e. The van der Waals surface area contributed by atoms with E-state index in [-0.39, 0.29) is 17.5 Å². The number of H-pyrrole nitrogens is 1. The highest BCUT2D eigenvalue weighted by Crippen LogP contribution is 2.25. The first-order valence-electron chi connectivity index (χ1n) is 8.84. The molecule has 29 heavy (non-hydrogen) atoms. The van der Waals surface area contributed by atoms with E-state index in [1.54, 1.807) is 37.6 Å². The van der Waals surface area contributed by atoms with Crippen LogP contribution in [0.1, 0.15) is 28.3 Å². The van der Waals surface area contributed by atoms with Crippen molar-refractivity contribution in [3.63, 3.8) is 0 Å². The molecule has 0 bridgehead atoms. The van der Waals surface area contributed by atoms with Crippen LogP contribution in [0.2, 0.25) is 0 Å². The van der Waals surface area contributed by atoms with Crippen LogP contribution < -0.4 is 10.9 Å². The topological polar surface area (TPSA) is 92.7 Å². The fourth-order valence-electron chi connectivity index (χ4n) is 2.93. The minimum atomic E-state index is -0.263. The van der Waals surface area contributed by atoms with Crippen molar-refractivity contribution in [2.75, 3.05) is 0 Å². The lowest BCUT2D eigenvalue weighted by molar-refractivity contribution is 0.0940. The maximum Gasteiger partial charge on any atom is 0.261 e. The first kappa shape index (κ1) is 19.2. The highest BCUT2D eigenvalue weighted by Gasteiger charge is 2.16. The number of fused-ring (bicyclic) bond motifs is 1. The van der Waals surface area contributed by atoms with E-state index in [4.69, 9.17) is 12.2 Å². The lowest BCUT2D eigenvalue weighted by Gasteiger charge is -2.12. The second-order valence-electron chi connectivity index (χ2n) is 6.56. The summed E-state index contributed by atoms with van der Waals surface area (Å²) < 4.78 is 1.67. The zero-order valence-corrected chi connectivity index (χ0v) is 17.3. The van der Waals surface area contributed by atoms with Gasteiger partial charge in [0, 0.05) is 35.9 Å². The van der Waals surface area contributed by atoms with Crippen molar-refractivity contribution in [2.45, 2.75) is 13.0 Å². The van der Waals surface area contributed by atoms with Crippen molar-refractivity contribution < 1.29 is 4.79 Å². The molecule has 0 aliphatic heterocycles. The Morgan fingerprint density at radius 1 is 1.28 bits per heavy atom. The summed E-state index contributed by atoms with van der Waals surface area (Å²) >= 11 is 6.64. The number of aromatic amines is 1. The van der Waals surface area contributed by atoms with Gasteiger partial charge in [-0.05, 0) is 49.5 Å². The Balaban J connectivity index is 1.56. The van der Waals surface area contributed by atoms with Crippen LogP contribution in [0.15, 0.2) is 52.9 Å². The molecule has 1 amide bonds. The molecular formula is C20H17N5O2S2. The number of aromatic nitrogens is 4. The van der Waals surface area contributed by atoms with Crippen LogP contribution >= 0.6 is 23.6 Å². The zero-order chi connectivity index (χ0) is 20.5. The third-order valence-electron chi connectivity index (χ3n) is 4.58. The van der Waals surface area contributed by atoms with Gasteiger partial charge in [0.2, 0.25) is 0 Å². The van der Waals surface area contributed by atoms with Gasteiger partial charge in [0.25, 0.3) is 11.5 Å². The molecule has 0 saturated carbocycles. The number of rotatable bonds is 4. The van der Waals surface area contributed by atoms with Gasteiger partial charge in [-0.25, -0.2) is 4.98 Å². The number of carbonyl (C=O) groups excluding carboxylic acids is 1. The molecule has 1 atom stereocenters. The summed E-state index contributed by atoms with van der Waals surface area (Å²) in [7, 11) is 1.61. The number of amides is 1. The molecule has 0 spiro atoms. The third kappa shape index (κ3) is 3.74. The van der Waals surface area contributed by atoms with E-state index >= 15 is 0 Å². The second-order valence-corrected chi connectivity index (χ2v) is 7.83. The molecule has 0 aliphatic carbocycles. The number of thiazole rings is 1. The average molecular weight is 424 g/mol. The van der Waals surface area contributed by atoms with Crippen LogP contribution in [-0.2, 0) is 7.05 Å². The van der Waals surface area contributed by atoms with E-state index < -0.39 is 0 Å². The van der Waals surface area contributed by atoms with E-state index in [2.05, 4.69) is 20.3 Å². The van der Waals surface area contributed by atoms with Gasteiger partial charge in [-0.15, -0.1) is 11.3 Å². The third-order valence-corrected chi connectivity index (χ3v) is 5.98. The maximum atomic E-state index is 12.7. The molecule has 4 aromatic rings. The lowest BCUT2D eigenvalue weighted by atomic mass is 10.1. The molecule has 146 valence electrons. The molecule has 1 unspecified atom stereocenters. The minimum absolute atomic E-state index is 0.199. The second kappa shape index (κ2) is 7.69. The Labute approximate surface area is 175 Å². The normalized spacial score (nSPS) is 12.1. The molecule has 9 heteroatoms. The molecule has 0 saturated heterocycles. The summed E-state index contributed by atoms with van der Waals surface area (Å²) in [4.78, 5) is 36.6. The molecule has 2 N–H and O–H groups in total. The number of hydrogen-bond donors (Lipinski definition) is 2. The highest BCUT2D eigenvalue weighted by atomic mass is 32.1. The summed E-state index contributed by atoms with van der Waals surface area (Å²) in [5.74, 6) is -0.250. The van der Waals surface area contributed by atoms with Crippen LogP contribution in [0.5, 0.6) is 0 Å². The zero-order valence-electron chi connectivity index (χ0n) is 15.7. The summed E-state index contributed by atoms with van der Waals surface area (Å²) in [5.41, 5.74) is 2.60. The predicted molar refractivity (Wildman–Crippen MR) is 116 cm³/mol. The standard InChI is InChI=1S/C20H17N5O2S2/c1-11(18-23-16(10-29-18)12-5-7-21-8-6-12)22-17(26)13-3-4-14-15(9-13)24-20(28)25(2)19(14)27/h3-11H,1-2H3,(H,22,26)(H,24,28). The van der Waals surface area contributed by atoms with Crippen LogP contribution in [0.3, 0.4) is 0 Å². The summed E-state index contributed by atoms with van der Waals surface area (Å²) in [5, 5.41) is 6.20. The van der Waals surface area contributed by atoms with Crippen molar-refractivity contribution in [2.24, 2.45) is 7.05 Å². The average Bonchev–Trinajstić information content (AvgIpc) is 3.23. The number of pyridine rings is 1. The number of carbonyl (C=O) groups is 1. The lowest BCUT2D eigenvalue weighted by Crippen LogP contribution is -2.27. The predicted octanol–water partition coefficient (Wildman–Crippen LogP) is 3.61. The van der Waals surface area contributed by atoms with Crippen LogP contribution in [0, 0.1) is 4.77 Å². The Bertz CT molecular complexity index is 1320. The monoisotopic (exact) mass is 423 g/mol. The molecule has 0 fully saturated rings. The molecule has 3 heterocycles. The van der Waals surface area contributed by atoms with Gasteiger partial charge in [0.1, 0.15) is 5.01 Å². The van der Waals surface area contributed by atoms with E-state index in [0.717, 1.165) is 16.3 Å². The molecule has 0 aliphatic rings. The molecule has 4 rings (SSSR count). The molecule has 3 aromatic heterocycles. The highest BCUT2D eigenvalue weighted by molar-refractivity contribution is 7.71. The van der Waals surface area contributed by atoms with Crippen molar-refractivity contribution in [1.29, 1.82) is 0 Å². The largest absolute Gasteiger partial charge is 0.343 e. The minimum Gasteiger partial charge on any atom is -0.343 e. The number of benzene rings is 1. The van der Waals surface area contributed by atoms with Gasteiger partial charge in [-0.1, -0.05) is 0 Å². The molecule has 1 aromatic carbocycles. The van der Waals surface area contributed by atoms with Gasteiger partial charge >= 0.3 is 0 Å². The quantitative estimate of drug-likeness (QED) is 0.489. The fourth-order valence-corrected chi connectivity index (χ4v) is 3.96.